The molecule has 2 heterocycles. The fourth-order valence-corrected chi connectivity index (χ4v) is 4.44. The number of amides is 2. The zero-order valence-electron chi connectivity index (χ0n) is 15.1. The summed E-state index contributed by atoms with van der Waals surface area (Å²) in [6.07, 6.45) is 0.873. The van der Waals surface area contributed by atoms with E-state index in [1.807, 2.05) is 12.1 Å². The molecular formula is C20H24ClFN2O3. The summed E-state index contributed by atoms with van der Waals surface area (Å²) in [5, 5.41) is 10.3. The third-order valence-corrected chi connectivity index (χ3v) is 6.42. The van der Waals surface area contributed by atoms with Crippen LogP contribution in [0.4, 0.5) is 4.39 Å². The highest BCUT2D eigenvalue weighted by atomic mass is 35.5. The Morgan fingerprint density at radius 3 is 2.33 bits per heavy atom. The van der Waals surface area contributed by atoms with Crippen molar-refractivity contribution in [2.24, 2.45) is 11.3 Å². The lowest BCUT2D eigenvalue weighted by molar-refractivity contribution is -0.163. The number of nitrogens with zero attached hydrogens (tertiary/aromatic N) is 2. The van der Waals surface area contributed by atoms with Crippen molar-refractivity contribution in [3.8, 4) is 0 Å². The molecule has 0 aromatic heterocycles. The van der Waals surface area contributed by atoms with Crippen molar-refractivity contribution in [2.45, 2.75) is 38.0 Å². The molecule has 27 heavy (non-hydrogen) atoms. The van der Waals surface area contributed by atoms with E-state index in [0.29, 0.717) is 24.5 Å². The summed E-state index contributed by atoms with van der Waals surface area (Å²) in [5.41, 5.74) is 0.205. The Labute approximate surface area is 163 Å². The van der Waals surface area contributed by atoms with Gasteiger partial charge in [-0.2, -0.15) is 0 Å². The molecule has 1 N–H and O–H groups in total. The van der Waals surface area contributed by atoms with Gasteiger partial charge in [-0.25, -0.2) is 4.39 Å². The number of hydrogen-bond donors (Lipinski definition) is 1. The van der Waals surface area contributed by atoms with Gasteiger partial charge in [0, 0.05) is 30.6 Å². The fraction of sp³-hybridized carbons (Fsp3) is 0.600. The third kappa shape index (κ3) is 3.45. The van der Waals surface area contributed by atoms with Crippen molar-refractivity contribution in [2.75, 3.05) is 26.2 Å². The number of carbonyl (C=O) groups excluding carboxylic acids is 2. The average molecular weight is 395 g/mol. The molecule has 7 heteroatoms. The zero-order valence-corrected chi connectivity index (χ0v) is 15.9. The minimum absolute atomic E-state index is 0.0128. The second kappa shape index (κ2) is 7.06. The van der Waals surface area contributed by atoms with E-state index >= 15 is 0 Å². The minimum Gasteiger partial charge on any atom is -0.388 e. The van der Waals surface area contributed by atoms with Crippen LogP contribution in [0.1, 0.15) is 24.8 Å². The number of alkyl halides is 1. The van der Waals surface area contributed by atoms with Gasteiger partial charge in [0.05, 0.1) is 12.0 Å². The molecule has 1 aromatic rings. The maximum atomic E-state index is 13.8. The largest absolute Gasteiger partial charge is 0.388 e. The maximum absolute atomic E-state index is 13.8. The highest BCUT2D eigenvalue weighted by Gasteiger charge is 2.54. The highest BCUT2D eigenvalue weighted by Crippen LogP contribution is 2.40. The normalized spacial score (nSPS) is 27.2. The predicted molar refractivity (Wildman–Crippen MR) is 99.0 cm³/mol. The molecule has 2 saturated heterocycles. The van der Waals surface area contributed by atoms with Gasteiger partial charge in [-0.3, -0.25) is 9.59 Å². The summed E-state index contributed by atoms with van der Waals surface area (Å²) in [7, 11) is 0. The number of rotatable bonds is 4. The molecule has 0 radical (unpaired) electrons. The Morgan fingerprint density at radius 2 is 1.81 bits per heavy atom. The number of hydrogen-bond acceptors (Lipinski definition) is 3. The smallest absolute Gasteiger partial charge is 0.232 e. The Hall–Kier alpha value is -1.66. The van der Waals surface area contributed by atoms with Crippen LogP contribution >= 0.6 is 11.6 Å². The van der Waals surface area contributed by atoms with Crippen LogP contribution in [-0.4, -0.2) is 65.2 Å². The summed E-state index contributed by atoms with van der Waals surface area (Å²) >= 11 is 5.95. The van der Waals surface area contributed by atoms with Gasteiger partial charge in [0.2, 0.25) is 11.8 Å². The van der Waals surface area contributed by atoms with Crippen LogP contribution in [0.15, 0.2) is 24.3 Å². The first-order valence-corrected chi connectivity index (χ1v) is 9.90. The van der Waals surface area contributed by atoms with Crippen LogP contribution in [0.3, 0.4) is 0 Å². The zero-order chi connectivity index (χ0) is 19.2. The maximum Gasteiger partial charge on any atom is 0.232 e. The van der Waals surface area contributed by atoms with E-state index in [-0.39, 0.29) is 30.8 Å². The molecule has 1 aromatic carbocycles. The van der Waals surface area contributed by atoms with Crippen LogP contribution in [-0.2, 0) is 16.0 Å². The number of β-amino-alcohol motifs (C(OH)–C–C–N with tert-alkyl or cyclic N) is 1. The van der Waals surface area contributed by atoms with Gasteiger partial charge in [-0.15, -0.1) is 0 Å². The molecule has 146 valence electrons. The molecule has 2 aliphatic heterocycles. The van der Waals surface area contributed by atoms with E-state index in [0.717, 1.165) is 24.8 Å². The number of carbonyl (C=O) groups is 2. The lowest BCUT2D eigenvalue weighted by Gasteiger charge is -2.51. The molecule has 3 aliphatic rings. The fourth-order valence-electron chi connectivity index (χ4n) is 4.32. The first-order valence-electron chi connectivity index (χ1n) is 9.53. The van der Waals surface area contributed by atoms with Crippen molar-refractivity contribution >= 4 is 23.4 Å². The first kappa shape index (κ1) is 18.7. The van der Waals surface area contributed by atoms with Crippen LogP contribution in [0.2, 0.25) is 5.02 Å². The summed E-state index contributed by atoms with van der Waals surface area (Å²) in [4.78, 5) is 28.9. The number of aliphatic hydroxyl groups is 1. The van der Waals surface area contributed by atoms with Gasteiger partial charge in [0.15, 0.2) is 0 Å². The molecule has 0 bridgehead atoms. The second-order valence-electron chi connectivity index (χ2n) is 8.20. The Morgan fingerprint density at radius 1 is 1.15 bits per heavy atom. The molecule has 2 atom stereocenters. The summed E-state index contributed by atoms with van der Waals surface area (Å²) in [5.74, 6) is 0.0531. The lowest BCUT2D eigenvalue weighted by Crippen LogP contribution is -2.67. The van der Waals surface area contributed by atoms with Crippen molar-refractivity contribution in [3.05, 3.63) is 34.9 Å². The van der Waals surface area contributed by atoms with E-state index in [1.54, 1.807) is 17.0 Å². The van der Waals surface area contributed by atoms with E-state index in [9.17, 15) is 19.1 Å². The highest BCUT2D eigenvalue weighted by molar-refractivity contribution is 6.30. The van der Waals surface area contributed by atoms with Crippen molar-refractivity contribution in [1.82, 2.24) is 9.80 Å². The molecule has 0 spiro atoms. The second-order valence-corrected chi connectivity index (χ2v) is 8.64. The average Bonchev–Trinajstić information content (AvgIpc) is 2.89. The van der Waals surface area contributed by atoms with E-state index in [1.165, 1.54) is 4.90 Å². The molecule has 0 unspecified atom stereocenters. The standard InChI is InChI=1S/C20H24ClFN2O3/c21-15-6-4-13(5-7-15)8-20(19(27)23-9-16(22)17(25)10-23)11-24(12-20)18(26)14-2-1-3-14/h4-7,14,16-17,25H,1-3,8-12H2/t16-,17-/m1/s1. The molecule has 4 rings (SSSR count). The number of benzene rings is 1. The van der Waals surface area contributed by atoms with E-state index in [2.05, 4.69) is 0 Å². The SMILES string of the molecule is O=C(C1CCC1)N1CC(Cc2ccc(Cl)cc2)(C(=O)N2C[C@@H](O)[C@H](F)C2)C1. The Bertz CT molecular complexity index is 721. The molecule has 3 fully saturated rings. The summed E-state index contributed by atoms with van der Waals surface area (Å²) in [6.45, 7) is 0.637. The number of halogens is 2. The van der Waals surface area contributed by atoms with Crippen LogP contribution in [0, 0.1) is 11.3 Å². The number of aliphatic hydroxyl groups excluding tert-OH is 1. The van der Waals surface area contributed by atoms with Gasteiger partial charge in [0.25, 0.3) is 0 Å². The van der Waals surface area contributed by atoms with Gasteiger partial charge in [-0.1, -0.05) is 30.2 Å². The lowest BCUT2D eigenvalue weighted by atomic mass is 9.72. The van der Waals surface area contributed by atoms with Gasteiger partial charge in [0.1, 0.15) is 12.3 Å². The van der Waals surface area contributed by atoms with Crippen LogP contribution < -0.4 is 0 Å². The van der Waals surface area contributed by atoms with Crippen molar-refractivity contribution in [3.63, 3.8) is 0 Å². The topological polar surface area (TPSA) is 60.9 Å². The summed E-state index contributed by atoms with van der Waals surface area (Å²) in [6, 6.07) is 7.32. The van der Waals surface area contributed by atoms with Crippen molar-refractivity contribution in [1.29, 1.82) is 0 Å². The summed E-state index contributed by atoms with van der Waals surface area (Å²) < 4.78 is 13.8. The van der Waals surface area contributed by atoms with Gasteiger partial charge >= 0.3 is 0 Å². The molecular weight excluding hydrogens is 371 g/mol. The van der Waals surface area contributed by atoms with E-state index in [4.69, 9.17) is 11.6 Å². The minimum atomic E-state index is -1.41. The quantitative estimate of drug-likeness (QED) is 0.850. The monoisotopic (exact) mass is 394 g/mol. The predicted octanol–water partition coefficient (Wildman–Crippen LogP) is 2.05. The van der Waals surface area contributed by atoms with Crippen molar-refractivity contribution < 1.29 is 19.1 Å². The van der Waals surface area contributed by atoms with Crippen LogP contribution in [0.25, 0.3) is 0 Å². The molecule has 1 saturated carbocycles. The first-order chi connectivity index (χ1) is 12.9. The third-order valence-electron chi connectivity index (χ3n) is 6.17. The molecule has 1 aliphatic carbocycles. The van der Waals surface area contributed by atoms with Gasteiger partial charge in [-0.05, 0) is 37.0 Å². The van der Waals surface area contributed by atoms with Crippen LogP contribution in [0.5, 0.6) is 0 Å². The Balaban J connectivity index is 1.51. The van der Waals surface area contributed by atoms with Gasteiger partial charge < -0.3 is 14.9 Å². The Kier molecular flexibility index (Phi) is 4.89. The molecule has 2 amide bonds. The molecule has 5 nitrogen and oxygen atoms in total. The van der Waals surface area contributed by atoms with E-state index < -0.39 is 17.7 Å². The number of likely N-dealkylation sites (tertiary alicyclic amines) is 2.